The molecule has 110 valence electrons. The molecule has 0 bridgehead atoms. The molecule has 0 radical (unpaired) electrons. The highest BCUT2D eigenvalue weighted by atomic mass is 16.5. The Kier molecular flexibility index (Phi) is 4.01. The van der Waals surface area contributed by atoms with Crippen LogP contribution in [-0.2, 0) is 17.8 Å². The van der Waals surface area contributed by atoms with Gasteiger partial charge in [0.25, 0.3) is 0 Å². The minimum absolute atomic E-state index is 0.128. The second-order valence-corrected chi connectivity index (χ2v) is 4.98. The molecule has 5 heteroatoms. The molecule has 21 heavy (non-hydrogen) atoms. The van der Waals surface area contributed by atoms with Gasteiger partial charge >= 0.3 is 0 Å². The van der Waals surface area contributed by atoms with Gasteiger partial charge in [0.2, 0.25) is 0 Å². The van der Waals surface area contributed by atoms with Crippen molar-refractivity contribution >= 4 is 5.82 Å². The Morgan fingerprint density at radius 2 is 2.19 bits per heavy atom. The SMILES string of the molecule is CCNc1cc(COC)nc(C2Cc3ccccc3O2)n1. The van der Waals surface area contributed by atoms with E-state index in [9.17, 15) is 0 Å². The summed E-state index contributed by atoms with van der Waals surface area (Å²) in [5.74, 6) is 2.44. The summed E-state index contributed by atoms with van der Waals surface area (Å²) in [6.07, 6.45) is 0.676. The van der Waals surface area contributed by atoms with Crippen LogP contribution in [0.1, 0.15) is 30.1 Å². The predicted octanol–water partition coefficient (Wildman–Crippen LogP) is 2.73. The van der Waals surface area contributed by atoms with E-state index in [1.54, 1.807) is 7.11 Å². The van der Waals surface area contributed by atoms with Gasteiger partial charge in [-0.3, -0.25) is 0 Å². The van der Waals surface area contributed by atoms with E-state index in [-0.39, 0.29) is 6.10 Å². The van der Waals surface area contributed by atoms with Gasteiger partial charge in [-0.25, -0.2) is 9.97 Å². The maximum atomic E-state index is 5.97. The molecule has 1 aliphatic rings. The Bertz CT molecular complexity index is 581. The fraction of sp³-hybridized carbons (Fsp3) is 0.375. The van der Waals surface area contributed by atoms with Crippen LogP contribution in [0.4, 0.5) is 5.82 Å². The molecule has 0 amide bonds. The van der Waals surface area contributed by atoms with Crippen molar-refractivity contribution in [3.63, 3.8) is 0 Å². The van der Waals surface area contributed by atoms with Crippen molar-refractivity contribution in [2.24, 2.45) is 0 Å². The topological polar surface area (TPSA) is 56.3 Å². The van der Waals surface area contributed by atoms with Gasteiger partial charge in [0.1, 0.15) is 11.6 Å². The fourth-order valence-corrected chi connectivity index (χ4v) is 2.48. The van der Waals surface area contributed by atoms with Crippen LogP contribution in [0.5, 0.6) is 5.75 Å². The fourth-order valence-electron chi connectivity index (χ4n) is 2.48. The Hall–Kier alpha value is -2.14. The number of para-hydroxylation sites is 1. The van der Waals surface area contributed by atoms with Crippen LogP contribution in [0.3, 0.4) is 0 Å². The zero-order valence-corrected chi connectivity index (χ0v) is 12.3. The summed E-state index contributed by atoms with van der Waals surface area (Å²) in [5, 5.41) is 3.23. The number of hydrogen-bond acceptors (Lipinski definition) is 5. The van der Waals surface area contributed by atoms with Crippen molar-refractivity contribution in [1.29, 1.82) is 0 Å². The summed E-state index contributed by atoms with van der Waals surface area (Å²) in [6, 6.07) is 9.99. The monoisotopic (exact) mass is 285 g/mol. The third-order valence-corrected chi connectivity index (χ3v) is 3.38. The Morgan fingerprint density at radius 1 is 1.33 bits per heavy atom. The first-order valence-corrected chi connectivity index (χ1v) is 7.15. The third-order valence-electron chi connectivity index (χ3n) is 3.38. The first-order chi connectivity index (χ1) is 10.3. The summed E-state index contributed by atoms with van der Waals surface area (Å²) >= 11 is 0. The van der Waals surface area contributed by atoms with Gasteiger partial charge in [-0.1, -0.05) is 18.2 Å². The van der Waals surface area contributed by atoms with Crippen LogP contribution in [0.2, 0.25) is 0 Å². The molecule has 1 unspecified atom stereocenters. The summed E-state index contributed by atoms with van der Waals surface area (Å²) in [5.41, 5.74) is 2.06. The minimum atomic E-state index is -0.128. The lowest BCUT2D eigenvalue weighted by molar-refractivity contribution is 0.179. The molecule has 3 rings (SSSR count). The van der Waals surface area contributed by atoms with E-state index in [1.807, 2.05) is 31.2 Å². The van der Waals surface area contributed by atoms with E-state index in [0.29, 0.717) is 12.4 Å². The van der Waals surface area contributed by atoms with Crippen molar-refractivity contribution in [3.8, 4) is 5.75 Å². The number of fused-ring (bicyclic) bond motifs is 1. The molecule has 5 nitrogen and oxygen atoms in total. The molecule has 0 saturated carbocycles. The molecule has 1 aromatic carbocycles. The predicted molar refractivity (Wildman–Crippen MR) is 80.4 cm³/mol. The highest BCUT2D eigenvalue weighted by molar-refractivity contribution is 5.40. The van der Waals surface area contributed by atoms with Crippen LogP contribution in [0.15, 0.2) is 30.3 Å². The van der Waals surface area contributed by atoms with Crippen LogP contribution >= 0.6 is 0 Å². The molecule has 2 heterocycles. The summed E-state index contributed by atoms with van der Waals surface area (Å²) in [4.78, 5) is 9.14. The van der Waals surface area contributed by atoms with E-state index >= 15 is 0 Å². The highest BCUT2D eigenvalue weighted by Gasteiger charge is 2.26. The molecule has 1 N–H and O–H groups in total. The zero-order valence-electron chi connectivity index (χ0n) is 12.3. The average Bonchev–Trinajstić information content (AvgIpc) is 2.92. The quantitative estimate of drug-likeness (QED) is 0.915. The third kappa shape index (κ3) is 2.97. The second-order valence-electron chi connectivity index (χ2n) is 4.98. The number of benzene rings is 1. The zero-order chi connectivity index (χ0) is 14.7. The number of hydrogen-bond donors (Lipinski definition) is 1. The Balaban J connectivity index is 1.88. The second kappa shape index (κ2) is 6.10. The lowest BCUT2D eigenvalue weighted by Gasteiger charge is -2.13. The van der Waals surface area contributed by atoms with Crippen LogP contribution in [0, 0.1) is 0 Å². The van der Waals surface area contributed by atoms with Gasteiger partial charge in [-0.2, -0.15) is 0 Å². The molecule has 0 spiro atoms. The van der Waals surface area contributed by atoms with Crippen molar-refractivity contribution < 1.29 is 9.47 Å². The Morgan fingerprint density at radius 3 is 2.95 bits per heavy atom. The molecule has 2 aromatic rings. The van der Waals surface area contributed by atoms with Gasteiger partial charge in [0.15, 0.2) is 11.9 Å². The minimum Gasteiger partial charge on any atom is -0.482 e. The first kappa shape index (κ1) is 13.8. The molecule has 1 atom stereocenters. The van der Waals surface area contributed by atoms with E-state index in [0.717, 1.165) is 30.2 Å². The number of rotatable bonds is 5. The smallest absolute Gasteiger partial charge is 0.172 e. The van der Waals surface area contributed by atoms with Crippen LogP contribution < -0.4 is 10.1 Å². The van der Waals surface area contributed by atoms with Crippen molar-refractivity contribution in [1.82, 2.24) is 9.97 Å². The summed E-state index contributed by atoms with van der Waals surface area (Å²) in [6.45, 7) is 3.32. The van der Waals surface area contributed by atoms with Gasteiger partial charge in [0, 0.05) is 26.1 Å². The number of aromatic nitrogens is 2. The van der Waals surface area contributed by atoms with Crippen molar-refractivity contribution in [3.05, 3.63) is 47.4 Å². The van der Waals surface area contributed by atoms with E-state index < -0.39 is 0 Å². The lowest BCUT2D eigenvalue weighted by Crippen LogP contribution is -2.13. The maximum Gasteiger partial charge on any atom is 0.172 e. The lowest BCUT2D eigenvalue weighted by atomic mass is 10.1. The molecule has 1 aromatic heterocycles. The van der Waals surface area contributed by atoms with Crippen LogP contribution in [-0.4, -0.2) is 23.6 Å². The summed E-state index contributed by atoms with van der Waals surface area (Å²) < 4.78 is 11.1. The number of ether oxygens (including phenoxy) is 2. The number of methoxy groups -OCH3 is 1. The van der Waals surface area contributed by atoms with E-state index in [4.69, 9.17) is 9.47 Å². The van der Waals surface area contributed by atoms with Gasteiger partial charge in [-0.15, -0.1) is 0 Å². The number of anilines is 1. The Labute approximate surface area is 124 Å². The largest absolute Gasteiger partial charge is 0.482 e. The molecule has 0 saturated heterocycles. The van der Waals surface area contributed by atoms with Crippen molar-refractivity contribution in [2.75, 3.05) is 19.0 Å². The average molecular weight is 285 g/mol. The van der Waals surface area contributed by atoms with Crippen molar-refractivity contribution in [2.45, 2.75) is 26.1 Å². The standard InChI is InChI=1S/C16H19N3O2/c1-3-17-15-9-12(10-20-2)18-16(19-15)14-8-11-6-4-5-7-13(11)21-14/h4-7,9,14H,3,8,10H2,1-2H3,(H,17,18,19). The number of nitrogens with zero attached hydrogens (tertiary/aromatic N) is 2. The van der Waals surface area contributed by atoms with E-state index in [2.05, 4.69) is 21.4 Å². The number of nitrogens with one attached hydrogen (secondary N) is 1. The molecule has 0 fully saturated rings. The summed E-state index contributed by atoms with van der Waals surface area (Å²) in [7, 11) is 1.66. The molecule has 1 aliphatic heterocycles. The molecule has 0 aliphatic carbocycles. The van der Waals surface area contributed by atoms with E-state index in [1.165, 1.54) is 5.56 Å². The van der Waals surface area contributed by atoms with Gasteiger partial charge in [-0.05, 0) is 18.6 Å². The maximum absolute atomic E-state index is 5.97. The van der Waals surface area contributed by atoms with Crippen LogP contribution in [0.25, 0.3) is 0 Å². The molecular weight excluding hydrogens is 266 g/mol. The molecular formula is C16H19N3O2. The highest BCUT2D eigenvalue weighted by Crippen LogP contribution is 2.35. The first-order valence-electron chi connectivity index (χ1n) is 7.15. The van der Waals surface area contributed by atoms with Gasteiger partial charge in [0.05, 0.1) is 12.3 Å². The van der Waals surface area contributed by atoms with Gasteiger partial charge < -0.3 is 14.8 Å². The normalized spacial score (nSPS) is 16.4.